The van der Waals surface area contributed by atoms with Crippen LogP contribution < -0.4 is 4.90 Å². The molecule has 0 unspecified atom stereocenters. The Kier molecular flexibility index (Phi) is 8.17. The quantitative estimate of drug-likeness (QED) is 0.161. The van der Waals surface area contributed by atoms with Crippen LogP contribution in [0.4, 0.5) is 17.1 Å². The first-order valence-electron chi connectivity index (χ1n) is 20.7. The van der Waals surface area contributed by atoms with E-state index in [9.17, 15) is 0 Å². The lowest BCUT2D eigenvalue weighted by Crippen LogP contribution is -2.11. The molecule has 3 nitrogen and oxygen atoms in total. The molecule has 0 saturated heterocycles. The summed E-state index contributed by atoms with van der Waals surface area (Å²) in [6.07, 6.45) is 0. The smallest absolute Gasteiger partial charge is 0.143 e. The summed E-state index contributed by atoms with van der Waals surface area (Å²) in [6.45, 7) is 0. The van der Waals surface area contributed by atoms with Gasteiger partial charge in [-0.1, -0.05) is 170 Å². The maximum absolute atomic E-state index is 6.47. The fourth-order valence-corrected chi connectivity index (χ4v) is 9.22. The molecule has 0 aliphatic heterocycles. The second-order valence-corrected chi connectivity index (χ2v) is 15.6. The van der Waals surface area contributed by atoms with Gasteiger partial charge in [-0.3, -0.25) is 0 Å². The van der Waals surface area contributed by atoms with Crippen LogP contribution in [0.2, 0.25) is 0 Å². The predicted molar refractivity (Wildman–Crippen MR) is 255 cm³/mol. The van der Waals surface area contributed by atoms with Crippen molar-refractivity contribution in [2.45, 2.75) is 0 Å². The first kappa shape index (κ1) is 34.9. The third kappa shape index (κ3) is 5.90. The van der Waals surface area contributed by atoms with E-state index >= 15 is 0 Å². The van der Waals surface area contributed by atoms with Crippen LogP contribution in [0.1, 0.15) is 0 Å². The average Bonchev–Trinajstić information content (AvgIpc) is 3.91. The highest BCUT2D eigenvalue weighted by Gasteiger charge is 2.21. The summed E-state index contributed by atoms with van der Waals surface area (Å²) in [5, 5.41) is 6.95. The third-order valence-corrected chi connectivity index (χ3v) is 12.1. The number of rotatable bonds is 7. The van der Waals surface area contributed by atoms with Crippen LogP contribution >= 0.6 is 0 Å². The average molecular weight is 780 g/mol. The molecule has 0 radical (unpaired) electrons. The molecule has 0 aliphatic rings. The molecule has 10 aromatic carbocycles. The summed E-state index contributed by atoms with van der Waals surface area (Å²) in [5.74, 6) is 0. The molecule has 12 aromatic rings. The number of hydrogen-bond acceptors (Lipinski definition) is 3. The number of anilines is 3. The van der Waals surface area contributed by atoms with Gasteiger partial charge in [-0.2, -0.15) is 0 Å². The lowest BCUT2D eigenvalue weighted by molar-refractivity contribution is 0.669. The van der Waals surface area contributed by atoms with Crippen molar-refractivity contribution in [2.75, 3.05) is 4.90 Å². The molecular weight excluding hydrogens is 743 g/mol. The molecule has 2 aromatic heterocycles. The molecule has 0 aliphatic carbocycles. The number of fused-ring (bicyclic) bond motifs is 7. The highest BCUT2D eigenvalue weighted by Crippen LogP contribution is 2.46. The molecule has 3 heteroatoms. The van der Waals surface area contributed by atoms with E-state index in [-0.39, 0.29) is 0 Å². The van der Waals surface area contributed by atoms with E-state index in [2.05, 4.69) is 205 Å². The van der Waals surface area contributed by atoms with E-state index in [0.29, 0.717) is 0 Å². The van der Waals surface area contributed by atoms with Gasteiger partial charge in [0.05, 0.1) is 5.69 Å². The van der Waals surface area contributed by atoms with Crippen LogP contribution in [-0.2, 0) is 0 Å². The SMILES string of the molecule is c1ccc(-c2cccc3cccc(-c4ccccc4N(c4ccc(-c5ccc6c(c5)oc5ccccc56)cc4)c4ccc(-c5cccc6c5oc5ccccc56)cc4)c23)cc1. The zero-order valence-corrected chi connectivity index (χ0v) is 33.1. The zero-order chi connectivity index (χ0) is 40.3. The highest BCUT2D eigenvalue weighted by atomic mass is 16.3. The van der Waals surface area contributed by atoms with E-state index in [0.717, 1.165) is 88.8 Å². The molecule has 0 bridgehead atoms. The van der Waals surface area contributed by atoms with E-state index in [1.54, 1.807) is 0 Å². The summed E-state index contributed by atoms with van der Waals surface area (Å²) in [6, 6.07) is 80.0. The monoisotopic (exact) mass is 779 g/mol. The molecule has 0 atom stereocenters. The molecule has 2 heterocycles. The lowest BCUT2D eigenvalue weighted by Gasteiger charge is -2.28. The molecule has 12 rings (SSSR count). The minimum atomic E-state index is 0.890. The van der Waals surface area contributed by atoms with Crippen LogP contribution in [0.15, 0.2) is 233 Å². The van der Waals surface area contributed by atoms with Crippen molar-refractivity contribution in [1.29, 1.82) is 0 Å². The summed E-state index contributed by atoms with van der Waals surface area (Å²) in [5.41, 5.74) is 15.9. The summed E-state index contributed by atoms with van der Waals surface area (Å²) < 4.78 is 12.7. The van der Waals surface area contributed by atoms with E-state index in [4.69, 9.17) is 8.83 Å². The van der Waals surface area contributed by atoms with Gasteiger partial charge in [-0.15, -0.1) is 0 Å². The minimum Gasteiger partial charge on any atom is -0.456 e. The minimum absolute atomic E-state index is 0.890. The molecule has 61 heavy (non-hydrogen) atoms. The molecule has 0 amide bonds. The largest absolute Gasteiger partial charge is 0.456 e. The van der Waals surface area contributed by atoms with Gasteiger partial charge in [0.15, 0.2) is 0 Å². The van der Waals surface area contributed by atoms with Gasteiger partial charge in [-0.25, -0.2) is 0 Å². The van der Waals surface area contributed by atoms with Crippen molar-refractivity contribution in [1.82, 2.24) is 0 Å². The summed E-state index contributed by atoms with van der Waals surface area (Å²) >= 11 is 0. The number of hydrogen-bond donors (Lipinski definition) is 0. The second-order valence-electron chi connectivity index (χ2n) is 15.6. The maximum Gasteiger partial charge on any atom is 0.143 e. The van der Waals surface area contributed by atoms with Crippen LogP contribution in [-0.4, -0.2) is 0 Å². The maximum atomic E-state index is 6.47. The van der Waals surface area contributed by atoms with E-state index in [1.807, 2.05) is 24.3 Å². The van der Waals surface area contributed by atoms with Crippen LogP contribution in [0.25, 0.3) is 99.2 Å². The Labute approximate surface area is 353 Å². The van der Waals surface area contributed by atoms with Crippen molar-refractivity contribution in [2.24, 2.45) is 0 Å². The van der Waals surface area contributed by atoms with E-state index < -0.39 is 0 Å². The van der Waals surface area contributed by atoms with E-state index in [1.165, 1.54) is 27.5 Å². The first-order valence-corrected chi connectivity index (χ1v) is 20.7. The van der Waals surface area contributed by atoms with Crippen LogP contribution in [0.5, 0.6) is 0 Å². The summed E-state index contributed by atoms with van der Waals surface area (Å²) in [7, 11) is 0. The number of nitrogens with zero attached hydrogens (tertiary/aromatic N) is 1. The Morgan fingerprint density at radius 1 is 0.295 bits per heavy atom. The van der Waals surface area contributed by atoms with Crippen molar-refractivity contribution in [3.05, 3.63) is 224 Å². The van der Waals surface area contributed by atoms with Gasteiger partial charge in [-0.05, 0) is 98.8 Å². The third-order valence-electron chi connectivity index (χ3n) is 12.1. The Balaban J connectivity index is 1.01. The lowest BCUT2D eigenvalue weighted by atomic mass is 9.90. The van der Waals surface area contributed by atoms with Gasteiger partial charge >= 0.3 is 0 Å². The number of furan rings is 2. The van der Waals surface area contributed by atoms with Gasteiger partial charge in [0, 0.05) is 44.0 Å². The molecule has 286 valence electrons. The first-order chi connectivity index (χ1) is 30.2. The number of benzene rings is 10. The van der Waals surface area contributed by atoms with Crippen LogP contribution in [0, 0.1) is 0 Å². The normalized spacial score (nSPS) is 11.6. The van der Waals surface area contributed by atoms with Gasteiger partial charge < -0.3 is 13.7 Å². The Morgan fingerprint density at radius 3 is 1.59 bits per heavy atom. The number of para-hydroxylation sites is 4. The summed E-state index contributed by atoms with van der Waals surface area (Å²) in [4.78, 5) is 2.39. The fourth-order valence-electron chi connectivity index (χ4n) is 9.22. The molecule has 0 fully saturated rings. The Bertz CT molecular complexity index is 3570. The second kappa shape index (κ2) is 14.3. The molecule has 0 saturated carbocycles. The standard InChI is InChI=1S/C58H37NO2/c1-2-13-39(14-3-1)45-20-10-15-41-16-11-22-51(57(41)45)47-17-4-7-24-53(47)59(43-32-27-38(28-33-43)42-31-36-50-48-18-5-8-25-54(48)60-56(50)37-42)44-34-29-40(30-35-44)46-21-12-23-52-49-19-6-9-26-55(49)61-58(46)52/h1-37H. The Hall–Kier alpha value is -8.14. The predicted octanol–water partition coefficient (Wildman–Crippen LogP) is 16.8. The van der Waals surface area contributed by atoms with Gasteiger partial charge in [0.2, 0.25) is 0 Å². The highest BCUT2D eigenvalue weighted by molar-refractivity contribution is 6.11. The van der Waals surface area contributed by atoms with Gasteiger partial charge in [0.1, 0.15) is 22.3 Å². The van der Waals surface area contributed by atoms with Crippen LogP contribution in [0.3, 0.4) is 0 Å². The molecule has 0 N–H and O–H groups in total. The van der Waals surface area contributed by atoms with Crippen molar-refractivity contribution >= 4 is 71.7 Å². The zero-order valence-electron chi connectivity index (χ0n) is 33.1. The topological polar surface area (TPSA) is 29.5 Å². The molecular formula is C58H37NO2. The molecule has 0 spiro atoms. The fraction of sp³-hybridized carbons (Fsp3) is 0. The van der Waals surface area contributed by atoms with Gasteiger partial charge in [0.25, 0.3) is 0 Å². The van der Waals surface area contributed by atoms with Crippen molar-refractivity contribution < 1.29 is 8.83 Å². The Morgan fingerprint density at radius 2 is 0.820 bits per heavy atom. The van der Waals surface area contributed by atoms with Crippen molar-refractivity contribution in [3.63, 3.8) is 0 Å². The van der Waals surface area contributed by atoms with Crippen molar-refractivity contribution in [3.8, 4) is 44.5 Å².